The van der Waals surface area contributed by atoms with E-state index in [4.69, 9.17) is 16.0 Å². The summed E-state index contributed by atoms with van der Waals surface area (Å²) < 4.78 is 8.25. The van der Waals surface area contributed by atoms with Crippen molar-refractivity contribution in [2.24, 2.45) is 0 Å². The Morgan fingerprint density at radius 2 is 1.72 bits per heavy atom. The van der Waals surface area contributed by atoms with Gasteiger partial charge in [-0.15, -0.1) is 10.2 Å². The smallest absolute Gasteiger partial charge is 0.283 e. The van der Waals surface area contributed by atoms with E-state index < -0.39 is 11.1 Å². The van der Waals surface area contributed by atoms with E-state index in [0.29, 0.717) is 21.1 Å². The molecular formula is C23H13BrClN3O3S. The van der Waals surface area contributed by atoms with Crippen LogP contribution < -0.4 is 15.7 Å². The molecule has 3 heterocycles. The summed E-state index contributed by atoms with van der Waals surface area (Å²) in [4.78, 5) is 26.1. The molecule has 0 radical (unpaired) electrons. The minimum Gasteiger partial charge on any atom is -0.457 e. The lowest BCUT2D eigenvalue weighted by atomic mass is 10.1. The fourth-order valence-corrected chi connectivity index (χ4v) is 4.51. The van der Waals surface area contributed by atoms with Gasteiger partial charge in [0.2, 0.25) is 4.96 Å². The van der Waals surface area contributed by atoms with Crippen LogP contribution in [0.4, 0.5) is 0 Å². The summed E-state index contributed by atoms with van der Waals surface area (Å²) in [6.45, 7) is 0. The molecule has 2 aromatic carbocycles. The normalized spacial score (nSPS) is 12.0. The highest BCUT2D eigenvalue weighted by Crippen LogP contribution is 2.24. The van der Waals surface area contributed by atoms with Crippen molar-refractivity contribution in [3.8, 4) is 11.3 Å². The van der Waals surface area contributed by atoms with E-state index in [1.165, 1.54) is 0 Å². The largest absolute Gasteiger partial charge is 0.457 e. The zero-order chi connectivity index (χ0) is 22.2. The van der Waals surface area contributed by atoms with Crippen LogP contribution in [0.1, 0.15) is 17.0 Å². The van der Waals surface area contributed by atoms with E-state index in [2.05, 4.69) is 26.1 Å². The summed E-state index contributed by atoms with van der Waals surface area (Å²) in [6.07, 6.45) is 1.87. The van der Waals surface area contributed by atoms with E-state index >= 15 is 0 Å². The lowest BCUT2D eigenvalue weighted by Gasteiger charge is -2.00. The Labute approximate surface area is 198 Å². The van der Waals surface area contributed by atoms with Gasteiger partial charge in [0, 0.05) is 27.6 Å². The van der Waals surface area contributed by atoms with Crippen molar-refractivity contribution < 1.29 is 4.42 Å². The van der Waals surface area contributed by atoms with Crippen molar-refractivity contribution in [2.45, 2.75) is 6.42 Å². The predicted octanol–water partition coefficient (Wildman–Crippen LogP) is 4.33. The van der Waals surface area contributed by atoms with E-state index in [0.717, 1.165) is 31.3 Å². The molecule has 0 fully saturated rings. The lowest BCUT2D eigenvalue weighted by Crippen LogP contribution is -2.33. The Bertz CT molecular complexity index is 1610. The number of thiazole rings is 1. The molecule has 32 heavy (non-hydrogen) atoms. The van der Waals surface area contributed by atoms with Crippen LogP contribution in [0.2, 0.25) is 5.02 Å². The number of halogens is 2. The predicted molar refractivity (Wildman–Crippen MR) is 128 cm³/mol. The van der Waals surface area contributed by atoms with Gasteiger partial charge >= 0.3 is 0 Å². The second-order valence-electron chi connectivity index (χ2n) is 7.00. The molecule has 5 aromatic rings. The average Bonchev–Trinajstić information content (AvgIpc) is 3.37. The summed E-state index contributed by atoms with van der Waals surface area (Å²) in [6, 6.07) is 18.4. The molecule has 5 rings (SSSR count). The zero-order valence-corrected chi connectivity index (χ0v) is 19.4. The van der Waals surface area contributed by atoms with Gasteiger partial charge in [-0.2, -0.15) is 0 Å². The summed E-state index contributed by atoms with van der Waals surface area (Å²) in [5, 5.41) is 8.75. The summed E-state index contributed by atoms with van der Waals surface area (Å²) >= 11 is 10.4. The molecular weight excluding hydrogens is 514 g/mol. The highest BCUT2D eigenvalue weighted by molar-refractivity contribution is 9.10. The maximum absolute atomic E-state index is 12.9. The number of hydrogen-bond donors (Lipinski definition) is 0. The van der Waals surface area contributed by atoms with Gasteiger partial charge in [0.05, 0.1) is 0 Å². The quantitative estimate of drug-likeness (QED) is 0.348. The molecule has 0 aliphatic carbocycles. The van der Waals surface area contributed by atoms with E-state index in [1.807, 2.05) is 42.5 Å². The molecule has 0 aliphatic rings. The number of benzene rings is 2. The van der Waals surface area contributed by atoms with E-state index in [1.54, 1.807) is 24.3 Å². The van der Waals surface area contributed by atoms with E-state index in [9.17, 15) is 9.59 Å². The Hall–Kier alpha value is -3.07. The van der Waals surface area contributed by atoms with Crippen molar-refractivity contribution in [1.82, 2.24) is 14.6 Å². The topological polar surface area (TPSA) is 77.5 Å². The Balaban J connectivity index is 1.52. The number of hydrogen-bond acceptors (Lipinski definition) is 6. The third-order valence-corrected chi connectivity index (χ3v) is 6.57. The standard InChI is InChI=1S/C23H13BrClN3O3S/c24-15-5-3-14(4-6-15)19-10-9-17(31-19)12-20-22(30)28-21(29)18(26-27-23(28)32-20)11-13-1-7-16(25)8-2-13/h1-10,12H,11H2/b20-12+. The minimum absolute atomic E-state index is 0.196. The molecule has 0 saturated carbocycles. The van der Waals surface area contributed by atoms with Crippen LogP contribution in [0.15, 0.2) is 79.1 Å². The first kappa shape index (κ1) is 20.8. The molecule has 0 saturated heterocycles. The minimum atomic E-state index is -0.471. The van der Waals surface area contributed by atoms with Crippen LogP contribution >= 0.6 is 38.9 Å². The van der Waals surface area contributed by atoms with Crippen molar-refractivity contribution in [3.63, 3.8) is 0 Å². The lowest BCUT2D eigenvalue weighted by molar-refractivity contribution is 0.571. The zero-order valence-electron chi connectivity index (χ0n) is 16.3. The molecule has 0 spiro atoms. The van der Waals surface area contributed by atoms with Gasteiger partial charge in [0.25, 0.3) is 11.1 Å². The maximum atomic E-state index is 12.9. The molecule has 0 aliphatic heterocycles. The molecule has 0 unspecified atom stereocenters. The molecule has 158 valence electrons. The van der Waals surface area contributed by atoms with Crippen molar-refractivity contribution in [3.05, 3.63) is 112 Å². The number of furan rings is 1. The molecule has 0 amide bonds. The van der Waals surface area contributed by atoms with Crippen molar-refractivity contribution >= 4 is 49.9 Å². The SMILES string of the molecule is O=c1c(Cc2ccc(Cl)cc2)nnc2s/c(=C/c3ccc(-c4ccc(Br)cc4)o3)c(=O)n12. The van der Waals surface area contributed by atoms with Gasteiger partial charge in [-0.1, -0.05) is 63.1 Å². The fraction of sp³-hybridized carbons (Fsp3) is 0.0435. The third kappa shape index (κ3) is 4.04. The van der Waals surface area contributed by atoms with Gasteiger partial charge in [-0.3, -0.25) is 9.59 Å². The summed E-state index contributed by atoms with van der Waals surface area (Å²) in [7, 11) is 0. The van der Waals surface area contributed by atoms with Gasteiger partial charge in [0.1, 0.15) is 21.7 Å². The van der Waals surface area contributed by atoms with Crippen LogP contribution in [-0.2, 0) is 6.42 Å². The number of rotatable bonds is 4. The maximum Gasteiger partial charge on any atom is 0.283 e. The van der Waals surface area contributed by atoms with Gasteiger partial charge in [0.15, 0.2) is 0 Å². The molecule has 3 aromatic heterocycles. The molecule has 0 atom stereocenters. The monoisotopic (exact) mass is 525 g/mol. The van der Waals surface area contributed by atoms with Crippen LogP contribution in [0.25, 0.3) is 22.4 Å². The Kier molecular flexibility index (Phi) is 5.50. The second kappa shape index (κ2) is 8.46. The van der Waals surface area contributed by atoms with Crippen LogP contribution in [0.3, 0.4) is 0 Å². The van der Waals surface area contributed by atoms with Crippen LogP contribution in [-0.4, -0.2) is 14.6 Å². The third-order valence-electron chi connectivity index (χ3n) is 4.83. The molecule has 9 heteroatoms. The first-order chi connectivity index (χ1) is 15.5. The average molecular weight is 527 g/mol. The highest BCUT2D eigenvalue weighted by Gasteiger charge is 2.14. The Morgan fingerprint density at radius 3 is 2.47 bits per heavy atom. The second-order valence-corrected chi connectivity index (χ2v) is 9.36. The van der Waals surface area contributed by atoms with Crippen molar-refractivity contribution in [1.29, 1.82) is 0 Å². The molecule has 0 bridgehead atoms. The number of aromatic nitrogens is 3. The van der Waals surface area contributed by atoms with Gasteiger partial charge < -0.3 is 4.42 Å². The molecule has 0 N–H and O–H groups in total. The highest BCUT2D eigenvalue weighted by atomic mass is 79.9. The first-order valence-electron chi connectivity index (χ1n) is 9.51. The van der Waals surface area contributed by atoms with E-state index in [-0.39, 0.29) is 17.1 Å². The van der Waals surface area contributed by atoms with Crippen molar-refractivity contribution in [2.75, 3.05) is 0 Å². The molecule has 6 nitrogen and oxygen atoms in total. The Morgan fingerprint density at radius 1 is 0.969 bits per heavy atom. The van der Waals surface area contributed by atoms with Crippen LogP contribution in [0.5, 0.6) is 0 Å². The van der Waals surface area contributed by atoms with Crippen LogP contribution in [0, 0.1) is 0 Å². The fourth-order valence-electron chi connectivity index (χ4n) is 3.23. The number of fused-ring (bicyclic) bond motifs is 1. The number of nitrogens with zero attached hydrogens (tertiary/aromatic N) is 3. The first-order valence-corrected chi connectivity index (χ1v) is 11.5. The summed E-state index contributed by atoms with van der Waals surface area (Å²) in [5.41, 5.74) is 1.05. The van der Waals surface area contributed by atoms with Gasteiger partial charge in [-0.05, 0) is 42.0 Å². The summed E-state index contributed by atoms with van der Waals surface area (Å²) in [5.74, 6) is 1.19. The van der Waals surface area contributed by atoms with Gasteiger partial charge in [-0.25, -0.2) is 4.40 Å².